The molecule has 3 aromatic carbocycles. The highest BCUT2D eigenvalue weighted by Crippen LogP contribution is 2.53. The standard InChI is InChI=1S/C50H68N7O9PSi/c1-32(2)45(58)54-48-53-44-41(46(59)55-48)52-31-56(44)47-43(65-67(63-29-17-28-51)57(33(3)4)34(5)6)42(66-68(12,13)49(7,8)9)40(64-47)30-62-50(35-18-15-14-16-19-35,36-20-24-38(60-10)25-21-36)37-22-26-39(61-11)27-23-37/h14-16,18-27,31-34,40,42-43,47H,17,29-30H2,1-13H3,(H2,53,54,55,58,59)/t40-,42-,43-,47-,67?/m1/s1. The molecule has 1 unspecified atom stereocenters. The first-order chi connectivity index (χ1) is 32.3. The van der Waals surface area contributed by atoms with E-state index in [0.717, 1.165) is 16.7 Å². The Kier molecular flexibility index (Phi) is 17.1. The lowest BCUT2D eigenvalue weighted by molar-refractivity contribution is -0.118. The lowest BCUT2D eigenvalue weighted by Gasteiger charge is -2.43. The summed E-state index contributed by atoms with van der Waals surface area (Å²) in [7, 11) is -1.29. The van der Waals surface area contributed by atoms with E-state index in [0.29, 0.717) is 11.5 Å². The molecule has 2 N–H and O–H groups in total. The summed E-state index contributed by atoms with van der Waals surface area (Å²) in [6.07, 6.45) is -1.92. The van der Waals surface area contributed by atoms with Gasteiger partial charge < -0.3 is 32.4 Å². The first kappa shape index (κ1) is 52.4. The van der Waals surface area contributed by atoms with E-state index in [1.165, 1.54) is 6.33 Å². The lowest BCUT2D eigenvalue weighted by Crippen LogP contribution is -2.51. The molecule has 2 aromatic heterocycles. The molecule has 0 bridgehead atoms. The largest absolute Gasteiger partial charge is 0.497 e. The number of benzene rings is 3. The quantitative estimate of drug-likeness (QED) is 0.0307. The molecule has 3 heterocycles. The number of ether oxygens (including phenoxy) is 4. The molecule has 0 saturated carbocycles. The molecule has 1 aliphatic heterocycles. The van der Waals surface area contributed by atoms with E-state index in [9.17, 15) is 14.9 Å². The van der Waals surface area contributed by atoms with Crippen LogP contribution in [0.4, 0.5) is 5.95 Å². The number of nitrogens with zero attached hydrogens (tertiary/aromatic N) is 5. The monoisotopic (exact) mass is 969 g/mol. The number of nitriles is 1. The summed E-state index contributed by atoms with van der Waals surface area (Å²) in [5, 5.41) is 12.1. The number of anilines is 1. The molecule has 6 rings (SSSR count). The minimum Gasteiger partial charge on any atom is -0.497 e. The van der Waals surface area contributed by atoms with E-state index >= 15 is 0 Å². The van der Waals surface area contributed by atoms with E-state index < -0.39 is 52.5 Å². The number of amides is 1. The lowest BCUT2D eigenvalue weighted by atomic mass is 9.80. The highest BCUT2D eigenvalue weighted by atomic mass is 31.2. The number of hydrogen-bond acceptors (Lipinski definition) is 13. The van der Waals surface area contributed by atoms with Crippen LogP contribution in [-0.2, 0) is 33.3 Å². The van der Waals surface area contributed by atoms with Crippen LogP contribution in [0.1, 0.15) is 91.7 Å². The Morgan fingerprint density at radius 2 is 1.49 bits per heavy atom. The predicted molar refractivity (Wildman–Crippen MR) is 266 cm³/mol. The van der Waals surface area contributed by atoms with Gasteiger partial charge in [-0.25, -0.2) is 9.65 Å². The van der Waals surface area contributed by atoms with Gasteiger partial charge in [-0.05, 0) is 86.8 Å². The van der Waals surface area contributed by atoms with Crippen LogP contribution in [0.3, 0.4) is 0 Å². The van der Waals surface area contributed by atoms with Gasteiger partial charge >= 0.3 is 0 Å². The molecule has 0 spiro atoms. The Morgan fingerprint density at radius 1 is 0.912 bits per heavy atom. The summed E-state index contributed by atoms with van der Waals surface area (Å²) < 4.78 is 51.2. The number of rotatable bonds is 21. The Hall–Kier alpha value is -5.02. The zero-order valence-corrected chi connectivity index (χ0v) is 43.5. The van der Waals surface area contributed by atoms with Gasteiger partial charge in [0.2, 0.25) is 11.9 Å². The molecule has 16 nitrogen and oxygen atoms in total. The van der Waals surface area contributed by atoms with Crippen LogP contribution in [0.25, 0.3) is 11.2 Å². The Bertz CT molecular complexity index is 2490. The average Bonchev–Trinajstić information content (AvgIpc) is 3.87. The van der Waals surface area contributed by atoms with Gasteiger partial charge in [0.15, 0.2) is 25.7 Å². The number of hydrogen-bond donors (Lipinski definition) is 2. The Labute approximate surface area is 402 Å². The van der Waals surface area contributed by atoms with Gasteiger partial charge in [0.05, 0.1) is 46.3 Å². The van der Waals surface area contributed by atoms with Crippen LogP contribution in [0.15, 0.2) is 90.0 Å². The van der Waals surface area contributed by atoms with Crippen molar-refractivity contribution in [3.05, 3.63) is 112 Å². The Balaban J connectivity index is 1.58. The molecule has 18 heteroatoms. The maximum Gasteiger partial charge on any atom is 0.280 e. The summed E-state index contributed by atoms with van der Waals surface area (Å²) in [5.74, 6) is 0.636. The highest BCUT2D eigenvalue weighted by Gasteiger charge is 2.54. The molecule has 1 aliphatic rings. The van der Waals surface area contributed by atoms with Crippen molar-refractivity contribution in [1.29, 1.82) is 5.26 Å². The van der Waals surface area contributed by atoms with E-state index in [1.807, 2.05) is 78.9 Å². The second-order valence-electron chi connectivity index (χ2n) is 19.2. The molecule has 1 fully saturated rings. The van der Waals surface area contributed by atoms with Gasteiger partial charge in [-0.3, -0.25) is 24.5 Å². The van der Waals surface area contributed by atoms with Gasteiger partial charge in [-0.1, -0.05) is 89.2 Å². The molecule has 5 aromatic rings. The van der Waals surface area contributed by atoms with Crippen LogP contribution in [0.2, 0.25) is 18.1 Å². The normalized spacial score (nSPS) is 18.4. The number of methoxy groups -OCH3 is 2. The van der Waals surface area contributed by atoms with Crippen molar-refractivity contribution in [1.82, 2.24) is 24.2 Å². The third kappa shape index (κ3) is 11.4. The minimum absolute atomic E-state index is 0.0234. The van der Waals surface area contributed by atoms with Gasteiger partial charge in [0.1, 0.15) is 35.4 Å². The number of aromatic amines is 1. The summed E-state index contributed by atoms with van der Waals surface area (Å²) in [5.41, 5.74) is 0.967. The molecule has 1 amide bonds. The number of nitrogens with one attached hydrogen (secondary N) is 2. The van der Waals surface area contributed by atoms with Crippen LogP contribution < -0.4 is 20.3 Å². The van der Waals surface area contributed by atoms with Crippen molar-refractivity contribution in [2.24, 2.45) is 5.92 Å². The maximum atomic E-state index is 13.6. The molecule has 68 heavy (non-hydrogen) atoms. The molecule has 0 radical (unpaired) electrons. The third-order valence-corrected chi connectivity index (χ3v) is 19.1. The van der Waals surface area contributed by atoms with Crippen molar-refractivity contribution in [3.63, 3.8) is 0 Å². The van der Waals surface area contributed by atoms with E-state index in [4.69, 9.17) is 37.4 Å². The van der Waals surface area contributed by atoms with Crippen LogP contribution in [0.5, 0.6) is 11.5 Å². The van der Waals surface area contributed by atoms with Crippen LogP contribution in [-0.4, -0.2) is 96.2 Å². The highest BCUT2D eigenvalue weighted by molar-refractivity contribution is 7.44. The molecule has 5 atom stereocenters. The summed E-state index contributed by atoms with van der Waals surface area (Å²) in [4.78, 5) is 38.5. The topological polar surface area (TPSA) is 184 Å². The zero-order chi connectivity index (χ0) is 49.6. The van der Waals surface area contributed by atoms with Crippen LogP contribution >= 0.6 is 8.53 Å². The van der Waals surface area contributed by atoms with Crippen molar-refractivity contribution < 1.29 is 37.2 Å². The molecule has 1 saturated heterocycles. The number of carbonyl (C=O) groups excluding carboxylic acids is 1. The molecular formula is C50H68N7O9PSi. The van der Waals surface area contributed by atoms with Gasteiger partial charge in [0, 0.05) is 18.0 Å². The fourth-order valence-corrected chi connectivity index (χ4v) is 11.0. The zero-order valence-electron chi connectivity index (χ0n) is 41.6. The fraction of sp³-hybridized carbons (Fsp3) is 0.500. The number of carbonyl (C=O) groups is 1. The van der Waals surface area contributed by atoms with Crippen molar-refractivity contribution in [3.8, 4) is 17.6 Å². The number of H-pyrrole nitrogens is 1. The van der Waals surface area contributed by atoms with E-state index in [2.05, 4.69) is 87.6 Å². The van der Waals surface area contributed by atoms with E-state index in [1.54, 1.807) is 32.6 Å². The van der Waals surface area contributed by atoms with Crippen molar-refractivity contribution >= 4 is 39.9 Å². The van der Waals surface area contributed by atoms with Crippen molar-refractivity contribution in [2.75, 3.05) is 32.8 Å². The predicted octanol–water partition coefficient (Wildman–Crippen LogP) is 9.69. The van der Waals surface area contributed by atoms with Gasteiger partial charge in [-0.2, -0.15) is 10.2 Å². The molecule has 366 valence electrons. The minimum atomic E-state index is -2.69. The number of fused-ring (bicyclic) bond motifs is 1. The fourth-order valence-electron chi connectivity index (χ4n) is 7.95. The summed E-state index contributed by atoms with van der Waals surface area (Å²) in [6.45, 7) is 22.8. The first-order valence-electron chi connectivity index (χ1n) is 23.1. The number of imidazole rings is 1. The second-order valence-corrected chi connectivity index (χ2v) is 25.4. The summed E-state index contributed by atoms with van der Waals surface area (Å²) in [6, 6.07) is 27.8. The molecular weight excluding hydrogens is 902 g/mol. The maximum absolute atomic E-state index is 13.6. The first-order valence-corrected chi connectivity index (χ1v) is 27.1. The smallest absolute Gasteiger partial charge is 0.280 e. The third-order valence-electron chi connectivity index (χ3n) is 12.5. The average molecular weight is 970 g/mol. The van der Waals surface area contributed by atoms with Crippen molar-refractivity contribution in [2.45, 2.75) is 129 Å². The Morgan fingerprint density at radius 3 is 2.00 bits per heavy atom. The van der Waals surface area contributed by atoms with Crippen LogP contribution in [0, 0.1) is 17.2 Å². The summed E-state index contributed by atoms with van der Waals surface area (Å²) >= 11 is 0. The molecule has 0 aliphatic carbocycles. The van der Waals surface area contributed by atoms with E-state index in [-0.39, 0.29) is 65.7 Å². The second kappa shape index (κ2) is 22.2. The van der Waals surface area contributed by atoms with Gasteiger partial charge in [0.25, 0.3) is 14.1 Å². The number of aromatic nitrogens is 4. The SMILES string of the molecule is COc1ccc(C(OC[C@H]2O[C@@H](n3cnc4c(=O)[nH]c(NC(=O)C(C)C)nc43)[C@H](OP(OCCC#N)N(C(C)C)C(C)C)[C@@H]2O[Si](C)(C)C(C)(C)C)(c2ccccc2)c2ccc(OC)cc2)cc1. The van der Waals surface area contributed by atoms with Gasteiger partial charge in [-0.15, -0.1) is 0 Å².